The van der Waals surface area contributed by atoms with Crippen LogP contribution in [0, 0.1) is 12.1 Å². The van der Waals surface area contributed by atoms with Gasteiger partial charge in [0, 0.05) is 25.2 Å². The molecule has 0 saturated carbocycles. The molecule has 2 amide bonds. The molecule has 0 saturated heterocycles. The number of amides is 2. The average molecular weight is 320 g/mol. The van der Waals surface area contributed by atoms with Crippen LogP contribution < -0.4 is 5.32 Å². The quantitative estimate of drug-likeness (QED) is 0.750. The zero-order chi connectivity index (χ0) is 15.9. The predicted octanol–water partition coefficient (Wildman–Crippen LogP) is 0.219. The van der Waals surface area contributed by atoms with Gasteiger partial charge in [-0.15, -0.1) is 11.8 Å². The second kappa shape index (κ2) is 7.71. The number of nitrogens with one attached hydrogen (secondary N) is 1. The molecule has 22 heavy (non-hydrogen) atoms. The van der Waals surface area contributed by atoms with Crippen molar-refractivity contribution in [2.24, 2.45) is 0 Å². The van der Waals surface area contributed by atoms with Gasteiger partial charge in [0.2, 0.25) is 5.91 Å². The van der Waals surface area contributed by atoms with Crippen LogP contribution in [0.5, 0.6) is 0 Å². The average Bonchev–Trinajstić information content (AvgIpc) is 2.49. The summed E-state index contributed by atoms with van der Waals surface area (Å²) in [5.74, 6) is -1.21. The fourth-order valence-corrected chi connectivity index (χ4v) is 2.73. The van der Waals surface area contributed by atoms with Crippen molar-refractivity contribution < 1.29 is 19.5 Å². The maximum absolute atomic E-state index is 12.2. The number of carbonyl (C=O) groups is 3. The predicted molar refractivity (Wildman–Crippen MR) is 81.7 cm³/mol. The summed E-state index contributed by atoms with van der Waals surface area (Å²) in [6.45, 7) is 1.40. The van der Waals surface area contributed by atoms with Gasteiger partial charge in [-0.05, 0) is 18.6 Å². The molecule has 1 aliphatic heterocycles. The van der Waals surface area contributed by atoms with Crippen molar-refractivity contribution in [2.75, 3.05) is 31.1 Å². The Kier molecular flexibility index (Phi) is 5.67. The Labute approximate surface area is 132 Å². The third-order valence-electron chi connectivity index (χ3n) is 3.19. The Morgan fingerprint density at radius 1 is 1.41 bits per heavy atom. The highest BCUT2D eigenvalue weighted by molar-refractivity contribution is 8.00. The van der Waals surface area contributed by atoms with Gasteiger partial charge in [0.1, 0.15) is 0 Å². The molecule has 0 bridgehead atoms. The van der Waals surface area contributed by atoms with Gasteiger partial charge < -0.3 is 15.3 Å². The standard InChI is InChI=1S/C15H16N2O4S/c18-13(9-22-10-14(19)20)16-6-8-17-7-5-11-3-1-2-4-12(11)15(17)21/h2,4H,5-10H2,(H,16,18)(H,19,20). The van der Waals surface area contributed by atoms with E-state index in [9.17, 15) is 14.4 Å². The minimum absolute atomic E-state index is 0.0546. The highest BCUT2D eigenvalue weighted by Crippen LogP contribution is 2.15. The molecule has 0 unspecified atom stereocenters. The third-order valence-corrected chi connectivity index (χ3v) is 4.11. The van der Waals surface area contributed by atoms with E-state index in [0.717, 1.165) is 23.7 Å². The molecule has 0 fully saturated rings. The molecule has 0 spiro atoms. The number of carboxylic acids is 1. The van der Waals surface area contributed by atoms with Gasteiger partial charge in [-0.2, -0.15) is 0 Å². The van der Waals surface area contributed by atoms with Crippen LogP contribution in [-0.4, -0.2) is 58.9 Å². The van der Waals surface area contributed by atoms with E-state index in [4.69, 9.17) is 5.11 Å². The SMILES string of the molecule is O=C(O)CSCC(=O)NCCN1CCc2c#cccc2C1=O. The number of hydrogen-bond acceptors (Lipinski definition) is 4. The topological polar surface area (TPSA) is 86.7 Å². The summed E-state index contributed by atoms with van der Waals surface area (Å²) in [6.07, 6.45) is 0.737. The molecule has 1 aliphatic rings. The summed E-state index contributed by atoms with van der Waals surface area (Å²) in [5, 5.41) is 11.2. The first-order valence-corrected chi connectivity index (χ1v) is 8.00. The van der Waals surface area contributed by atoms with Crippen LogP contribution >= 0.6 is 11.8 Å². The monoisotopic (exact) mass is 320 g/mol. The Morgan fingerprint density at radius 3 is 3.00 bits per heavy atom. The molecule has 2 N–H and O–H groups in total. The minimum atomic E-state index is -0.940. The van der Waals surface area contributed by atoms with Crippen LogP contribution in [0.2, 0.25) is 0 Å². The summed E-state index contributed by atoms with van der Waals surface area (Å²) in [6, 6.07) is 9.20. The van der Waals surface area contributed by atoms with Gasteiger partial charge in [-0.3, -0.25) is 14.4 Å². The fraction of sp³-hybridized carbons (Fsp3) is 0.400. The maximum atomic E-state index is 12.2. The van der Waals surface area contributed by atoms with Crippen molar-refractivity contribution in [3.05, 3.63) is 35.4 Å². The molecule has 2 rings (SSSR count). The molecule has 0 atom stereocenters. The van der Waals surface area contributed by atoms with E-state index < -0.39 is 5.97 Å². The van der Waals surface area contributed by atoms with Crippen molar-refractivity contribution in [3.8, 4) is 0 Å². The lowest BCUT2D eigenvalue weighted by Crippen LogP contribution is -2.42. The summed E-state index contributed by atoms with van der Waals surface area (Å²) in [5.41, 5.74) is 1.53. The number of fused-ring (bicyclic) bond motifs is 1. The lowest BCUT2D eigenvalue weighted by atomic mass is 10.0. The van der Waals surface area contributed by atoms with Crippen LogP contribution in [0.1, 0.15) is 15.9 Å². The molecule has 0 aliphatic carbocycles. The Bertz CT molecular complexity index is 576. The molecular formula is C15H16N2O4S. The largest absolute Gasteiger partial charge is 0.481 e. The second-order valence-electron chi connectivity index (χ2n) is 4.77. The Hall–Kier alpha value is -2.20. The number of hydrogen-bond donors (Lipinski definition) is 2. The Balaban J connectivity index is 1.73. The zero-order valence-electron chi connectivity index (χ0n) is 11.9. The fourth-order valence-electron chi connectivity index (χ4n) is 2.16. The number of carbonyl (C=O) groups excluding carboxylic acids is 2. The second-order valence-corrected chi connectivity index (χ2v) is 5.76. The number of aliphatic carboxylic acids is 1. The van der Waals surface area contributed by atoms with E-state index in [1.54, 1.807) is 17.0 Å². The van der Waals surface area contributed by atoms with E-state index in [1.165, 1.54) is 0 Å². The molecular weight excluding hydrogens is 304 g/mol. The number of rotatable bonds is 7. The van der Waals surface area contributed by atoms with Crippen molar-refractivity contribution in [2.45, 2.75) is 6.42 Å². The van der Waals surface area contributed by atoms with Crippen molar-refractivity contribution >= 4 is 29.5 Å². The lowest BCUT2D eigenvalue weighted by Gasteiger charge is -2.27. The smallest absolute Gasteiger partial charge is 0.313 e. The Morgan fingerprint density at radius 2 is 2.23 bits per heavy atom. The van der Waals surface area contributed by atoms with Crippen LogP contribution in [-0.2, 0) is 16.0 Å². The summed E-state index contributed by atoms with van der Waals surface area (Å²) < 4.78 is 0. The van der Waals surface area contributed by atoms with E-state index >= 15 is 0 Å². The molecule has 1 heterocycles. The first-order chi connectivity index (χ1) is 10.6. The minimum Gasteiger partial charge on any atom is -0.481 e. The maximum Gasteiger partial charge on any atom is 0.313 e. The zero-order valence-corrected chi connectivity index (χ0v) is 12.7. The van der Waals surface area contributed by atoms with Crippen molar-refractivity contribution in [3.63, 3.8) is 0 Å². The first kappa shape index (κ1) is 16.2. The first-order valence-electron chi connectivity index (χ1n) is 6.84. The van der Waals surface area contributed by atoms with Crippen molar-refractivity contribution in [1.82, 2.24) is 10.2 Å². The summed E-state index contributed by atoms with van der Waals surface area (Å²) in [4.78, 5) is 35.8. The van der Waals surface area contributed by atoms with Gasteiger partial charge in [0.25, 0.3) is 5.91 Å². The normalized spacial score (nSPS) is 13.3. The van der Waals surface area contributed by atoms with Crippen LogP contribution in [0.15, 0.2) is 12.1 Å². The van der Waals surface area contributed by atoms with Crippen LogP contribution in [0.4, 0.5) is 0 Å². The van der Waals surface area contributed by atoms with Crippen LogP contribution in [0.3, 0.4) is 0 Å². The summed E-state index contributed by atoms with van der Waals surface area (Å²) >= 11 is 1.05. The molecule has 116 valence electrons. The van der Waals surface area contributed by atoms with E-state index in [-0.39, 0.29) is 23.3 Å². The molecule has 6 nitrogen and oxygen atoms in total. The molecule has 7 heteroatoms. The van der Waals surface area contributed by atoms with Gasteiger partial charge in [0.15, 0.2) is 0 Å². The lowest BCUT2D eigenvalue weighted by molar-refractivity contribution is -0.133. The van der Waals surface area contributed by atoms with E-state index in [0.29, 0.717) is 25.2 Å². The molecule has 1 aromatic carbocycles. The van der Waals surface area contributed by atoms with Gasteiger partial charge in [-0.25, -0.2) is 0 Å². The highest BCUT2D eigenvalue weighted by Gasteiger charge is 2.23. The van der Waals surface area contributed by atoms with Crippen molar-refractivity contribution in [1.29, 1.82) is 0 Å². The number of thioether (sulfide) groups is 1. The van der Waals surface area contributed by atoms with E-state index in [2.05, 4.69) is 17.4 Å². The molecule has 0 aromatic heterocycles. The van der Waals surface area contributed by atoms with Gasteiger partial charge >= 0.3 is 5.97 Å². The number of carboxylic acid groups (broad SMARTS) is 1. The highest BCUT2D eigenvalue weighted by atomic mass is 32.2. The molecule has 0 radical (unpaired) electrons. The van der Waals surface area contributed by atoms with Gasteiger partial charge in [-0.1, -0.05) is 12.1 Å². The van der Waals surface area contributed by atoms with Crippen LogP contribution in [0.25, 0.3) is 0 Å². The molecule has 1 aromatic rings. The third kappa shape index (κ3) is 4.40. The number of nitrogens with zero attached hydrogens (tertiary/aromatic N) is 1. The summed E-state index contributed by atoms with van der Waals surface area (Å²) in [7, 11) is 0. The van der Waals surface area contributed by atoms with Gasteiger partial charge in [0.05, 0.1) is 17.1 Å². The van der Waals surface area contributed by atoms with E-state index in [1.807, 2.05) is 0 Å².